The average molecular weight is 699 g/mol. The third-order valence-corrected chi connectivity index (χ3v) is 7.00. The molecular formula is C32H50N4O13. The van der Waals surface area contributed by atoms with Crippen molar-refractivity contribution in [3.8, 4) is 5.75 Å². The molecule has 1 aromatic carbocycles. The van der Waals surface area contributed by atoms with Crippen molar-refractivity contribution in [2.75, 3.05) is 59.5 Å². The number of rotatable bonds is 22. The molecule has 1 fully saturated rings. The Morgan fingerprint density at radius 1 is 0.980 bits per heavy atom. The normalized spacial score (nSPS) is 20.1. The fourth-order valence-corrected chi connectivity index (χ4v) is 4.54. The van der Waals surface area contributed by atoms with Crippen molar-refractivity contribution in [2.24, 2.45) is 0 Å². The molecule has 0 bridgehead atoms. The zero-order valence-electron chi connectivity index (χ0n) is 28.3. The Hall–Kier alpha value is -3.42. The van der Waals surface area contributed by atoms with E-state index in [0.29, 0.717) is 77.3 Å². The molecule has 0 radical (unpaired) electrons. The summed E-state index contributed by atoms with van der Waals surface area (Å²) in [6.07, 6.45) is -2.12. The van der Waals surface area contributed by atoms with Crippen LogP contribution in [0.4, 0.5) is 4.79 Å². The predicted molar refractivity (Wildman–Crippen MR) is 171 cm³/mol. The SMILES string of the molecule is CC(C)(C)OC(=O)N[C@@H](Cc1cn(CCOCCOCCOCCOc2ccc(CCO[C@@H]3O[C@H](CO)[C@@H](O)C[C@H]3O)cc2)nn1)C(=O)O. The van der Waals surface area contributed by atoms with Gasteiger partial charge in [0.15, 0.2) is 6.29 Å². The van der Waals surface area contributed by atoms with Gasteiger partial charge in [0.25, 0.3) is 0 Å². The summed E-state index contributed by atoms with van der Waals surface area (Å²) in [5, 5.41) is 48.8. The summed E-state index contributed by atoms with van der Waals surface area (Å²) in [6.45, 7) is 8.12. The van der Waals surface area contributed by atoms with Crippen molar-refractivity contribution in [3.05, 3.63) is 41.7 Å². The number of carboxylic acid groups (broad SMARTS) is 1. The molecule has 1 amide bonds. The van der Waals surface area contributed by atoms with E-state index in [9.17, 15) is 30.0 Å². The van der Waals surface area contributed by atoms with E-state index in [2.05, 4.69) is 15.6 Å². The van der Waals surface area contributed by atoms with Gasteiger partial charge in [0.2, 0.25) is 0 Å². The van der Waals surface area contributed by atoms with Gasteiger partial charge >= 0.3 is 12.1 Å². The Bertz CT molecular complexity index is 1240. The van der Waals surface area contributed by atoms with E-state index in [-0.39, 0.29) is 19.4 Å². The van der Waals surface area contributed by atoms with Crippen LogP contribution in [0.1, 0.15) is 38.4 Å². The number of hydrogen-bond acceptors (Lipinski definition) is 14. The highest BCUT2D eigenvalue weighted by Gasteiger charge is 2.36. The summed E-state index contributed by atoms with van der Waals surface area (Å²) in [5.74, 6) is -0.504. The predicted octanol–water partition coefficient (Wildman–Crippen LogP) is 0.316. The number of hydrogen-bond donors (Lipinski definition) is 5. The average Bonchev–Trinajstić information content (AvgIpc) is 3.49. The lowest BCUT2D eigenvalue weighted by atomic mass is 10.0. The summed E-state index contributed by atoms with van der Waals surface area (Å²) in [7, 11) is 0. The van der Waals surface area contributed by atoms with E-state index in [4.69, 9.17) is 33.2 Å². The minimum Gasteiger partial charge on any atom is -0.491 e. The molecule has 276 valence electrons. The highest BCUT2D eigenvalue weighted by Crippen LogP contribution is 2.21. The number of ether oxygens (including phenoxy) is 7. The summed E-state index contributed by atoms with van der Waals surface area (Å²) < 4.78 is 40.0. The number of aliphatic hydroxyl groups excluding tert-OH is 3. The van der Waals surface area contributed by atoms with E-state index in [1.165, 1.54) is 4.68 Å². The van der Waals surface area contributed by atoms with E-state index >= 15 is 0 Å². The minimum atomic E-state index is -1.21. The first-order valence-corrected chi connectivity index (χ1v) is 16.2. The van der Waals surface area contributed by atoms with Crippen LogP contribution < -0.4 is 10.1 Å². The van der Waals surface area contributed by atoms with Gasteiger partial charge in [-0.1, -0.05) is 17.3 Å². The number of aliphatic carboxylic acids is 1. The van der Waals surface area contributed by atoms with E-state index in [1.54, 1.807) is 27.0 Å². The summed E-state index contributed by atoms with van der Waals surface area (Å²) in [6, 6.07) is 6.34. The monoisotopic (exact) mass is 698 g/mol. The van der Waals surface area contributed by atoms with Crippen LogP contribution >= 0.6 is 0 Å². The number of amides is 1. The Morgan fingerprint density at radius 3 is 2.27 bits per heavy atom. The minimum absolute atomic E-state index is 0.0473. The largest absolute Gasteiger partial charge is 0.491 e. The van der Waals surface area contributed by atoms with E-state index in [0.717, 1.165) is 5.56 Å². The number of nitrogens with one attached hydrogen (secondary N) is 1. The number of carbonyl (C=O) groups is 2. The van der Waals surface area contributed by atoms with Crippen LogP contribution in [-0.4, -0.2) is 143 Å². The molecule has 2 heterocycles. The summed E-state index contributed by atoms with van der Waals surface area (Å²) >= 11 is 0. The van der Waals surface area contributed by atoms with Crippen LogP contribution in [0.25, 0.3) is 0 Å². The molecule has 0 aliphatic carbocycles. The number of carboxylic acids is 1. The molecule has 0 unspecified atom stereocenters. The highest BCUT2D eigenvalue weighted by molar-refractivity contribution is 5.80. The molecule has 49 heavy (non-hydrogen) atoms. The van der Waals surface area contributed by atoms with E-state index in [1.807, 2.05) is 24.3 Å². The first-order chi connectivity index (χ1) is 23.4. The molecule has 1 aliphatic heterocycles. The van der Waals surface area contributed by atoms with Crippen molar-refractivity contribution in [3.63, 3.8) is 0 Å². The number of alkyl carbamates (subject to hydrolysis) is 1. The van der Waals surface area contributed by atoms with Gasteiger partial charge in [-0.15, -0.1) is 5.10 Å². The van der Waals surface area contributed by atoms with Crippen molar-refractivity contribution >= 4 is 12.1 Å². The number of nitrogens with zero attached hydrogens (tertiary/aromatic N) is 3. The second-order valence-corrected chi connectivity index (χ2v) is 12.3. The van der Waals surface area contributed by atoms with Gasteiger partial charge in [0.05, 0.1) is 71.2 Å². The molecule has 17 nitrogen and oxygen atoms in total. The van der Waals surface area contributed by atoms with Gasteiger partial charge in [-0.25, -0.2) is 14.3 Å². The molecule has 1 aromatic heterocycles. The quantitative estimate of drug-likeness (QED) is 0.104. The Labute approximate surface area is 285 Å². The topological polar surface area (TPSA) is 222 Å². The third kappa shape index (κ3) is 15.8. The molecule has 5 atom stereocenters. The number of carbonyl (C=O) groups excluding carboxylic acids is 1. The van der Waals surface area contributed by atoms with Crippen LogP contribution in [-0.2, 0) is 52.6 Å². The molecule has 2 aromatic rings. The second-order valence-electron chi connectivity index (χ2n) is 12.3. The lowest BCUT2D eigenvalue weighted by Crippen LogP contribution is -2.49. The second kappa shape index (κ2) is 20.9. The van der Waals surface area contributed by atoms with Crippen LogP contribution in [0, 0.1) is 0 Å². The third-order valence-electron chi connectivity index (χ3n) is 7.00. The van der Waals surface area contributed by atoms with Crippen molar-refractivity contribution < 1.29 is 63.2 Å². The molecule has 17 heteroatoms. The summed E-state index contributed by atoms with van der Waals surface area (Å²) in [4.78, 5) is 23.5. The van der Waals surface area contributed by atoms with Gasteiger partial charge in [-0.05, 0) is 44.9 Å². The zero-order valence-corrected chi connectivity index (χ0v) is 28.3. The maximum atomic E-state index is 11.9. The number of aromatic nitrogens is 3. The number of benzene rings is 1. The highest BCUT2D eigenvalue weighted by atomic mass is 16.7. The van der Waals surface area contributed by atoms with Gasteiger partial charge in [-0.3, -0.25) is 0 Å². The first kappa shape index (κ1) is 40.0. The fourth-order valence-electron chi connectivity index (χ4n) is 4.54. The van der Waals surface area contributed by atoms with Crippen molar-refractivity contribution in [2.45, 2.75) is 82.8 Å². The van der Waals surface area contributed by atoms with Crippen LogP contribution in [0.2, 0.25) is 0 Å². The maximum Gasteiger partial charge on any atom is 0.408 e. The van der Waals surface area contributed by atoms with Crippen LogP contribution in [0.15, 0.2) is 30.5 Å². The molecule has 1 aliphatic rings. The zero-order chi connectivity index (χ0) is 35.6. The Kier molecular flexibility index (Phi) is 17.1. The maximum absolute atomic E-state index is 11.9. The smallest absolute Gasteiger partial charge is 0.408 e. The van der Waals surface area contributed by atoms with Crippen molar-refractivity contribution in [1.29, 1.82) is 0 Å². The molecule has 5 N–H and O–H groups in total. The molecule has 3 rings (SSSR count). The van der Waals surface area contributed by atoms with Crippen LogP contribution in [0.3, 0.4) is 0 Å². The Balaban J connectivity index is 1.16. The number of aliphatic hydroxyl groups is 3. The molecular weight excluding hydrogens is 648 g/mol. The van der Waals surface area contributed by atoms with Gasteiger partial charge in [0, 0.05) is 19.0 Å². The molecule has 0 spiro atoms. The van der Waals surface area contributed by atoms with Gasteiger partial charge in [0.1, 0.15) is 36.2 Å². The molecule has 1 saturated heterocycles. The first-order valence-electron chi connectivity index (χ1n) is 16.2. The Morgan fingerprint density at radius 2 is 1.63 bits per heavy atom. The fraction of sp³-hybridized carbons (Fsp3) is 0.688. The van der Waals surface area contributed by atoms with E-state index < -0.39 is 48.3 Å². The molecule has 0 saturated carbocycles. The lowest BCUT2D eigenvalue weighted by Gasteiger charge is -2.36. The standard InChI is InChI=1S/C32H50N4O13/c1-32(2,3)49-31(42)33-25(29(40)41)18-23-20-36(35-34-23)9-11-43-12-13-44-14-15-45-16-17-46-24-6-4-22(5-7-24)8-10-47-30-27(39)19-26(38)28(21-37)48-30/h4-7,20,25-28,30,37-39H,8-19,21H2,1-3H3,(H,33,42)(H,40,41)/t25-,26-,27+,28+,30+/m0/s1. The van der Waals surface area contributed by atoms with Crippen LogP contribution in [0.5, 0.6) is 5.75 Å². The van der Waals surface area contributed by atoms with Crippen molar-refractivity contribution in [1.82, 2.24) is 20.3 Å². The lowest BCUT2D eigenvalue weighted by molar-refractivity contribution is -0.269. The van der Waals surface area contributed by atoms with Gasteiger partial charge in [-0.2, -0.15) is 0 Å². The van der Waals surface area contributed by atoms with Gasteiger partial charge < -0.3 is 58.9 Å². The summed E-state index contributed by atoms with van der Waals surface area (Å²) in [5.41, 5.74) is 0.669.